The molecular weight excluding hydrogens is 266 g/mol. The topological polar surface area (TPSA) is 68.1 Å². The molecule has 0 saturated heterocycles. The van der Waals surface area contributed by atoms with Crippen molar-refractivity contribution in [1.29, 1.82) is 0 Å². The number of nitrogens with one attached hydrogen (secondary N) is 1. The minimum Gasteiger partial charge on any atom is -0.376 e. The van der Waals surface area contributed by atoms with Gasteiger partial charge in [0.1, 0.15) is 0 Å². The van der Waals surface area contributed by atoms with E-state index in [1.807, 2.05) is 6.92 Å². The molecule has 0 aliphatic rings. The highest BCUT2D eigenvalue weighted by Gasteiger charge is 2.18. The molecule has 1 heterocycles. The molecule has 1 aromatic heterocycles. The summed E-state index contributed by atoms with van der Waals surface area (Å²) in [6, 6.07) is 9.90. The molecule has 0 spiro atoms. The van der Waals surface area contributed by atoms with Crippen LogP contribution in [0.15, 0.2) is 42.6 Å². The Labute approximate surface area is 115 Å². The SMILES string of the molecule is CC(Nc1cccnc1Cl)c1ccccc1[N+](=O)[O-]. The van der Waals surface area contributed by atoms with Crippen LogP contribution in [-0.4, -0.2) is 9.91 Å². The Morgan fingerprint density at radius 3 is 2.74 bits per heavy atom. The third kappa shape index (κ3) is 3.00. The van der Waals surface area contributed by atoms with E-state index in [9.17, 15) is 10.1 Å². The van der Waals surface area contributed by atoms with Gasteiger partial charge in [-0.2, -0.15) is 0 Å². The molecule has 1 aromatic carbocycles. The number of rotatable bonds is 4. The fraction of sp³-hybridized carbons (Fsp3) is 0.154. The molecule has 1 N–H and O–H groups in total. The first-order valence-corrected chi connectivity index (χ1v) is 6.07. The quantitative estimate of drug-likeness (QED) is 0.524. The normalized spacial score (nSPS) is 11.9. The Morgan fingerprint density at radius 1 is 1.32 bits per heavy atom. The summed E-state index contributed by atoms with van der Waals surface area (Å²) in [4.78, 5) is 14.5. The van der Waals surface area contributed by atoms with Gasteiger partial charge in [-0.15, -0.1) is 0 Å². The zero-order valence-corrected chi connectivity index (χ0v) is 11.0. The van der Waals surface area contributed by atoms with E-state index < -0.39 is 4.92 Å². The molecule has 98 valence electrons. The highest BCUT2D eigenvalue weighted by Crippen LogP contribution is 2.29. The maximum atomic E-state index is 11.0. The lowest BCUT2D eigenvalue weighted by Crippen LogP contribution is -2.09. The van der Waals surface area contributed by atoms with Gasteiger partial charge in [0.05, 0.1) is 22.2 Å². The van der Waals surface area contributed by atoms with Crippen LogP contribution < -0.4 is 5.32 Å². The van der Waals surface area contributed by atoms with Crippen molar-refractivity contribution >= 4 is 23.0 Å². The lowest BCUT2D eigenvalue weighted by molar-refractivity contribution is -0.385. The average molecular weight is 278 g/mol. The van der Waals surface area contributed by atoms with Crippen LogP contribution in [0, 0.1) is 10.1 Å². The van der Waals surface area contributed by atoms with Gasteiger partial charge in [0.25, 0.3) is 5.69 Å². The molecule has 0 amide bonds. The Hall–Kier alpha value is -2.14. The summed E-state index contributed by atoms with van der Waals surface area (Å²) in [7, 11) is 0. The molecule has 0 aliphatic carbocycles. The lowest BCUT2D eigenvalue weighted by atomic mass is 10.1. The lowest BCUT2D eigenvalue weighted by Gasteiger charge is -2.16. The van der Waals surface area contributed by atoms with E-state index in [4.69, 9.17) is 11.6 Å². The van der Waals surface area contributed by atoms with Gasteiger partial charge in [0.2, 0.25) is 0 Å². The van der Waals surface area contributed by atoms with Crippen LogP contribution in [0.3, 0.4) is 0 Å². The first kappa shape index (κ1) is 13.3. The molecule has 2 rings (SSSR count). The molecule has 6 heteroatoms. The number of anilines is 1. The highest BCUT2D eigenvalue weighted by atomic mass is 35.5. The van der Waals surface area contributed by atoms with Gasteiger partial charge in [-0.05, 0) is 19.1 Å². The van der Waals surface area contributed by atoms with Crippen LogP contribution in [-0.2, 0) is 0 Å². The number of para-hydroxylation sites is 1. The fourth-order valence-corrected chi connectivity index (χ4v) is 2.00. The Balaban J connectivity index is 2.28. The van der Waals surface area contributed by atoms with Crippen molar-refractivity contribution in [3.63, 3.8) is 0 Å². The van der Waals surface area contributed by atoms with Crippen LogP contribution in [0.25, 0.3) is 0 Å². The number of hydrogen-bond acceptors (Lipinski definition) is 4. The average Bonchev–Trinajstić information content (AvgIpc) is 2.41. The van der Waals surface area contributed by atoms with Gasteiger partial charge >= 0.3 is 0 Å². The number of aromatic nitrogens is 1. The summed E-state index contributed by atoms with van der Waals surface area (Å²) < 4.78 is 0. The number of benzene rings is 1. The molecule has 0 saturated carbocycles. The van der Waals surface area contributed by atoms with Crippen molar-refractivity contribution in [2.45, 2.75) is 13.0 Å². The minimum atomic E-state index is -0.391. The van der Waals surface area contributed by atoms with Gasteiger partial charge in [-0.25, -0.2) is 4.98 Å². The largest absolute Gasteiger partial charge is 0.376 e. The number of hydrogen-bond donors (Lipinski definition) is 1. The molecule has 0 radical (unpaired) electrons. The molecule has 0 aliphatic heterocycles. The summed E-state index contributed by atoms with van der Waals surface area (Å²) >= 11 is 5.95. The predicted molar refractivity (Wildman–Crippen MR) is 74.4 cm³/mol. The number of nitrogens with zero attached hydrogens (tertiary/aromatic N) is 2. The summed E-state index contributed by atoms with van der Waals surface area (Å²) in [5.41, 5.74) is 1.34. The maximum Gasteiger partial charge on any atom is 0.274 e. The molecule has 0 bridgehead atoms. The number of nitro benzene ring substituents is 1. The summed E-state index contributed by atoms with van der Waals surface area (Å²) in [6.45, 7) is 1.84. The van der Waals surface area contributed by atoms with E-state index in [1.165, 1.54) is 6.07 Å². The van der Waals surface area contributed by atoms with Crippen molar-refractivity contribution < 1.29 is 4.92 Å². The zero-order valence-electron chi connectivity index (χ0n) is 10.2. The molecule has 0 fully saturated rings. The van der Waals surface area contributed by atoms with Crippen molar-refractivity contribution in [3.05, 3.63) is 63.4 Å². The highest BCUT2D eigenvalue weighted by molar-refractivity contribution is 6.31. The first-order valence-electron chi connectivity index (χ1n) is 5.70. The van der Waals surface area contributed by atoms with E-state index >= 15 is 0 Å². The molecular formula is C13H12ClN3O2. The van der Waals surface area contributed by atoms with E-state index in [0.29, 0.717) is 16.4 Å². The van der Waals surface area contributed by atoms with Crippen molar-refractivity contribution in [3.8, 4) is 0 Å². The van der Waals surface area contributed by atoms with Crippen LogP contribution >= 0.6 is 11.6 Å². The third-order valence-electron chi connectivity index (χ3n) is 2.73. The Morgan fingerprint density at radius 2 is 2.05 bits per heavy atom. The summed E-state index contributed by atoms with van der Waals surface area (Å²) in [5, 5.41) is 14.4. The fourth-order valence-electron chi connectivity index (χ4n) is 1.82. The van der Waals surface area contributed by atoms with Gasteiger partial charge in [-0.3, -0.25) is 10.1 Å². The van der Waals surface area contributed by atoms with Crippen LogP contribution in [0.2, 0.25) is 5.15 Å². The first-order chi connectivity index (χ1) is 9.09. The van der Waals surface area contributed by atoms with Gasteiger partial charge in [-0.1, -0.05) is 29.8 Å². The monoisotopic (exact) mass is 277 g/mol. The molecule has 1 atom stereocenters. The second kappa shape index (κ2) is 5.67. The molecule has 5 nitrogen and oxygen atoms in total. The van der Waals surface area contributed by atoms with Crippen LogP contribution in [0.5, 0.6) is 0 Å². The van der Waals surface area contributed by atoms with Gasteiger partial charge in [0, 0.05) is 12.3 Å². The van der Waals surface area contributed by atoms with Gasteiger partial charge in [0.15, 0.2) is 5.15 Å². The Bertz CT molecular complexity index is 604. The van der Waals surface area contributed by atoms with E-state index in [1.54, 1.807) is 36.5 Å². The number of pyridine rings is 1. The van der Waals surface area contributed by atoms with Crippen molar-refractivity contribution in [1.82, 2.24) is 4.98 Å². The van der Waals surface area contributed by atoms with Crippen LogP contribution in [0.4, 0.5) is 11.4 Å². The third-order valence-corrected chi connectivity index (χ3v) is 3.03. The summed E-state index contributed by atoms with van der Waals surface area (Å²) in [6.07, 6.45) is 1.59. The molecule has 19 heavy (non-hydrogen) atoms. The second-order valence-corrected chi connectivity index (χ2v) is 4.38. The van der Waals surface area contributed by atoms with E-state index in [-0.39, 0.29) is 11.7 Å². The minimum absolute atomic E-state index is 0.0857. The smallest absolute Gasteiger partial charge is 0.274 e. The van der Waals surface area contributed by atoms with Gasteiger partial charge < -0.3 is 5.32 Å². The molecule has 2 aromatic rings. The molecule has 1 unspecified atom stereocenters. The summed E-state index contributed by atoms with van der Waals surface area (Å²) in [5.74, 6) is 0. The van der Waals surface area contributed by atoms with Crippen molar-refractivity contribution in [2.24, 2.45) is 0 Å². The van der Waals surface area contributed by atoms with E-state index in [0.717, 1.165) is 0 Å². The van der Waals surface area contributed by atoms with Crippen LogP contribution in [0.1, 0.15) is 18.5 Å². The number of halogens is 1. The predicted octanol–water partition coefficient (Wildman–Crippen LogP) is 3.82. The second-order valence-electron chi connectivity index (χ2n) is 4.02. The maximum absolute atomic E-state index is 11.0. The number of nitro groups is 1. The standard InChI is InChI=1S/C13H12ClN3O2/c1-9(16-11-6-4-8-15-13(11)14)10-5-2-3-7-12(10)17(18)19/h2-9,16H,1H3. The Kier molecular flexibility index (Phi) is 3.97. The van der Waals surface area contributed by atoms with Crippen molar-refractivity contribution in [2.75, 3.05) is 5.32 Å². The zero-order chi connectivity index (χ0) is 13.8. The van der Waals surface area contributed by atoms with E-state index in [2.05, 4.69) is 10.3 Å².